The highest BCUT2D eigenvalue weighted by Crippen LogP contribution is 2.09. The van der Waals surface area contributed by atoms with Crippen LogP contribution in [-0.4, -0.2) is 26.8 Å². The lowest BCUT2D eigenvalue weighted by molar-refractivity contribution is -0.121. The Hall–Kier alpha value is -1.85. The normalized spacial score (nSPS) is 12.4. The number of carboxylic acid groups (broad SMARTS) is 1. The highest BCUT2D eigenvalue weighted by atomic mass is 16.4. The number of aromatic carboxylic acids is 1. The van der Waals surface area contributed by atoms with E-state index in [9.17, 15) is 9.59 Å². The van der Waals surface area contributed by atoms with Crippen LogP contribution in [-0.2, 0) is 11.3 Å². The molecule has 1 aromatic heterocycles. The molecular formula is C9H13N3O3. The SMILES string of the molecule is Cc1c(C(=O)O)cnn1CC(C)C(N)=O. The summed E-state index contributed by atoms with van der Waals surface area (Å²) in [5.74, 6) is -1.82. The van der Waals surface area contributed by atoms with Gasteiger partial charge in [0.1, 0.15) is 5.56 Å². The van der Waals surface area contributed by atoms with E-state index in [-0.39, 0.29) is 11.5 Å². The summed E-state index contributed by atoms with van der Waals surface area (Å²) in [4.78, 5) is 21.5. The highest BCUT2D eigenvalue weighted by molar-refractivity contribution is 5.88. The van der Waals surface area contributed by atoms with Gasteiger partial charge in [-0.3, -0.25) is 9.48 Å². The van der Waals surface area contributed by atoms with Gasteiger partial charge < -0.3 is 10.8 Å². The van der Waals surface area contributed by atoms with Crippen molar-refractivity contribution in [2.75, 3.05) is 0 Å². The fraction of sp³-hybridized carbons (Fsp3) is 0.444. The lowest BCUT2D eigenvalue weighted by atomic mass is 10.1. The second-order valence-corrected chi connectivity index (χ2v) is 3.43. The van der Waals surface area contributed by atoms with E-state index >= 15 is 0 Å². The van der Waals surface area contributed by atoms with Crippen molar-refractivity contribution in [3.63, 3.8) is 0 Å². The predicted octanol–water partition coefficient (Wildman–Crippen LogP) is 0.0111. The van der Waals surface area contributed by atoms with Gasteiger partial charge in [-0.1, -0.05) is 6.92 Å². The molecule has 0 aliphatic rings. The van der Waals surface area contributed by atoms with Crippen LogP contribution in [0.3, 0.4) is 0 Å². The maximum atomic E-state index is 10.8. The number of rotatable bonds is 4. The first kappa shape index (κ1) is 11.2. The predicted molar refractivity (Wildman–Crippen MR) is 52.3 cm³/mol. The molecular weight excluding hydrogens is 198 g/mol. The van der Waals surface area contributed by atoms with Crippen LogP contribution in [0.15, 0.2) is 6.20 Å². The molecule has 1 amide bonds. The summed E-state index contributed by atoms with van der Waals surface area (Å²) in [5, 5.41) is 12.7. The first-order valence-electron chi connectivity index (χ1n) is 4.48. The second kappa shape index (κ2) is 4.12. The standard InChI is InChI=1S/C9H13N3O3/c1-5(8(10)13)4-12-6(2)7(3-11-12)9(14)15/h3,5H,4H2,1-2H3,(H2,10,13)(H,14,15). The maximum absolute atomic E-state index is 10.8. The second-order valence-electron chi connectivity index (χ2n) is 3.43. The minimum Gasteiger partial charge on any atom is -0.478 e. The summed E-state index contributed by atoms with van der Waals surface area (Å²) in [6, 6.07) is 0. The Kier molecular flexibility index (Phi) is 3.08. The van der Waals surface area contributed by atoms with Crippen molar-refractivity contribution in [2.24, 2.45) is 11.7 Å². The van der Waals surface area contributed by atoms with E-state index in [1.54, 1.807) is 13.8 Å². The van der Waals surface area contributed by atoms with Crippen molar-refractivity contribution in [2.45, 2.75) is 20.4 Å². The van der Waals surface area contributed by atoms with Crippen LogP contribution < -0.4 is 5.73 Å². The zero-order chi connectivity index (χ0) is 11.6. The number of carbonyl (C=O) groups is 2. The van der Waals surface area contributed by atoms with Gasteiger partial charge in [-0.2, -0.15) is 5.10 Å². The van der Waals surface area contributed by atoms with Crippen LogP contribution in [0.1, 0.15) is 23.0 Å². The Balaban J connectivity index is 2.88. The third-order valence-electron chi connectivity index (χ3n) is 2.27. The number of nitrogens with zero attached hydrogens (tertiary/aromatic N) is 2. The minimum atomic E-state index is -1.02. The van der Waals surface area contributed by atoms with Crippen LogP contribution in [0, 0.1) is 12.8 Å². The van der Waals surface area contributed by atoms with Crippen molar-refractivity contribution in [1.82, 2.24) is 9.78 Å². The topological polar surface area (TPSA) is 98.2 Å². The van der Waals surface area contributed by atoms with Gasteiger partial charge in [-0.25, -0.2) is 4.79 Å². The van der Waals surface area contributed by atoms with Crippen molar-refractivity contribution in [3.05, 3.63) is 17.5 Å². The van der Waals surface area contributed by atoms with Crippen LogP contribution >= 0.6 is 0 Å². The number of amides is 1. The van der Waals surface area contributed by atoms with Gasteiger partial charge in [0.2, 0.25) is 5.91 Å². The Morgan fingerprint density at radius 1 is 1.67 bits per heavy atom. The average Bonchev–Trinajstić information content (AvgIpc) is 2.48. The molecule has 0 aromatic carbocycles. The summed E-state index contributed by atoms with van der Waals surface area (Å²) in [7, 11) is 0. The number of primary amides is 1. The van der Waals surface area contributed by atoms with Crippen LogP contribution in [0.2, 0.25) is 0 Å². The molecule has 1 rings (SSSR count). The molecule has 1 heterocycles. The van der Waals surface area contributed by atoms with Gasteiger partial charge in [0, 0.05) is 5.69 Å². The van der Waals surface area contributed by atoms with Crippen molar-refractivity contribution >= 4 is 11.9 Å². The van der Waals surface area contributed by atoms with Gasteiger partial charge in [0.25, 0.3) is 0 Å². The van der Waals surface area contributed by atoms with E-state index in [1.807, 2.05) is 0 Å². The van der Waals surface area contributed by atoms with Gasteiger partial charge in [-0.05, 0) is 6.92 Å². The third kappa shape index (κ3) is 2.34. The molecule has 0 fully saturated rings. The zero-order valence-corrected chi connectivity index (χ0v) is 8.60. The van der Waals surface area contributed by atoms with Crippen molar-refractivity contribution in [1.29, 1.82) is 0 Å². The Labute approximate surface area is 86.7 Å². The summed E-state index contributed by atoms with van der Waals surface area (Å²) in [6.07, 6.45) is 1.27. The summed E-state index contributed by atoms with van der Waals surface area (Å²) in [5.41, 5.74) is 5.77. The summed E-state index contributed by atoms with van der Waals surface area (Å²) < 4.78 is 1.47. The third-order valence-corrected chi connectivity index (χ3v) is 2.27. The highest BCUT2D eigenvalue weighted by Gasteiger charge is 2.16. The molecule has 15 heavy (non-hydrogen) atoms. The van der Waals surface area contributed by atoms with Crippen molar-refractivity contribution in [3.8, 4) is 0 Å². The number of aromatic nitrogens is 2. The molecule has 0 saturated heterocycles. The van der Waals surface area contributed by atoms with E-state index in [0.717, 1.165) is 0 Å². The maximum Gasteiger partial charge on any atom is 0.339 e. The molecule has 0 radical (unpaired) electrons. The number of hydrogen-bond donors (Lipinski definition) is 2. The van der Waals surface area contributed by atoms with Crippen LogP contribution in [0.5, 0.6) is 0 Å². The van der Waals surface area contributed by atoms with E-state index in [1.165, 1.54) is 10.9 Å². The number of nitrogens with two attached hydrogens (primary N) is 1. The van der Waals surface area contributed by atoms with Crippen LogP contribution in [0.4, 0.5) is 0 Å². The average molecular weight is 211 g/mol. The quantitative estimate of drug-likeness (QED) is 0.732. The molecule has 0 spiro atoms. The Morgan fingerprint density at radius 2 is 2.27 bits per heavy atom. The lowest BCUT2D eigenvalue weighted by Gasteiger charge is -2.08. The Bertz CT molecular complexity index is 397. The van der Waals surface area contributed by atoms with Crippen molar-refractivity contribution < 1.29 is 14.7 Å². The van der Waals surface area contributed by atoms with Gasteiger partial charge in [0.05, 0.1) is 18.7 Å². The number of carbonyl (C=O) groups excluding carboxylic acids is 1. The molecule has 6 nitrogen and oxygen atoms in total. The zero-order valence-electron chi connectivity index (χ0n) is 8.60. The molecule has 0 saturated carbocycles. The Morgan fingerprint density at radius 3 is 2.67 bits per heavy atom. The fourth-order valence-corrected chi connectivity index (χ4v) is 1.19. The van der Waals surface area contributed by atoms with Gasteiger partial charge in [-0.15, -0.1) is 0 Å². The first-order chi connectivity index (χ1) is 6.93. The smallest absolute Gasteiger partial charge is 0.339 e. The molecule has 1 unspecified atom stereocenters. The number of carboxylic acids is 1. The molecule has 0 aliphatic heterocycles. The molecule has 0 aliphatic carbocycles. The van der Waals surface area contributed by atoms with Crippen LogP contribution in [0.25, 0.3) is 0 Å². The van der Waals surface area contributed by atoms with Gasteiger partial charge >= 0.3 is 5.97 Å². The molecule has 6 heteroatoms. The largest absolute Gasteiger partial charge is 0.478 e. The van der Waals surface area contributed by atoms with E-state index in [4.69, 9.17) is 10.8 Å². The fourth-order valence-electron chi connectivity index (χ4n) is 1.19. The van der Waals surface area contributed by atoms with E-state index < -0.39 is 11.9 Å². The van der Waals surface area contributed by atoms with E-state index in [2.05, 4.69) is 5.10 Å². The molecule has 3 N–H and O–H groups in total. The lowest BCUT2D eigenvalue weighted by Crippen LogP contribution is -2.25. The monoisotopic (exact) mass is 211 g/mol. The summed E-state index contributed by atoms with van der Waals surface area (Å²) >= 11 is 0. The molecule has 1 atom stereocenters. The minimum absolute atomic E-state index is 0.145. The van der Waals surface area contributed by atoms with Gasteiger partial charge in [0.15, 0.2) is 0 Å². The first-order valence-corrected chi connectivity index (χ1v) is 4.48. The molecule has 0 bridgehead atoms. The van der Waals surface area contributed by atoms with E-state index in [0.29, 0.717) is 12.2 Å². The molecule has 82 valence electrons. The number of hydrogen-bond acceptors (Lipinski definition) is 3. The molecule has 1 aromatic rings. The summed E-state index contributed by atoms with van der Waals surface area (Å²) in [6.45, 7) is 3.61.